The summed E-state index contributed by atoms with van der Waals surface area (Å²) in [7, 11) is 1.64. The molecule has 1 aromatic carbocycles. The molecule has 1 aromatic rings. The molecule has 0 radical (unpaired) electrons. The molecule has 0 atom stereocenters. The molecule has 100 valence electrons. The number of methoxy groups -OCH3 is 1. The highest BCUT2D eigenvalue weighted by Gasteiger charge is 2.37. The third kappa shape index (κ3) is 1.92. The lowest BCUT2D eigenvalue weighted by molar-refractivity contribution is 0.325. The molecule has 0 spiro atoms. The van der Waals surface area contributed by atoms with Gasteiger partial charge in [0.05, 0.1) is 19.3 Å². The zero-order chi connectivity index (χ0) is 13.3. The van der Waals surface area contributed by atoms with Crippen LogP contribution in [0, 0.1) is 0 Å². The van der Waals surface area contributed by atoms with E-state index in [2.05, 4.69) is 11.1 Å². The van der Waals surface area contributed by atoms with Gasteiger partial charge in [0.25, 0.3) is 0 Å². The van der Waals surface area contributed by atoms with E-state index in [1.807, 2.05) is 6.07 Å². The molecule has 1 fully saturated rings. The van der Waals surface area contributed by atoms with Crippen LogP contribution in [0.4, 0.5) is 0 Å². The second kappa shape index (κ2) is 4.71. The minimum absolute atomic E-state index is 0.396. The van der Waals surface area contributed by atoms with Gasteiger partial charge in [0.1, 0.15) is 0 Å². The number of isocyanates is 1. The topological polar surface area (TPSA) is 47.9 Å². The number of hydrogen-bond donors (Lipinski definition) is 0. The normalized spacial score (nSPS) is 19.4. The molecule has 19 heavy (non-hydrogen) atoms. The first-order valence-corrected chi connectivity index (χ1v) is 6.72. The van der Waals surface area contributed by atoms with E-state index in [0.29, 0.717) is 6.61 Å². The highest BCUT2D eigenvalue weighted by molar-refractivity contribution is 5.53. The molecule has 0 amide bonds. The number of aliphatic imine (C=N–C) groups is 1. The first-order valence-electron chi connectivity index (χ1n) is 6.72. The molecule has 1 aliphatic heterocycles. The Morgan fingerprint density at radius 2 is 2.16 bits per heavy atom. The molecule has 3 rings (SSSR count). The average Bonchev–Trinajstić information content (AvgIpc) is 3.06. The van der Waals surface area contributed by atoms with Gasteiger partial charge in [0, 0.05) is 12.0 Å². The second-order valence-corrected chi connectivity index (χ2v) is 5.21. The van der Waals surface area contributed by atoms with Gasteiger partial charge in [-0.15, -0.1) is 0 Å². The summed E-state index contributed by atoms with van der Waals surface area (Å²) in [5.41, 5.74) is 1.82. The van der Waals surface area contributed by atoms with Gasteiger partial charge < -0.3 is 9.47 Å². The van der Waals surface area contributed by atoms with Crippen LogP contribution in [-0.4, -0.2) is 19.8 Å². The van der Waals surface area contributed by atoms with Crippen molar-refractivity contribution < 1.29 is 14.3 Å². The van der Waals surface area contributed by atoms with E-state index in [1.54, 1.807) is 13.2 Å². The van der Waals surface area contributed by atoms with Crippen LogP contribution < -0.4 is 9.47 Å². The van der Waals surface area contributed by atoms with Gasteiger partial charge in [-0.05, 0) is 30.5 Å². The summed E-state index contributed by atoms with van der Waals surface area (Å²) in [6, 6.07) is 4.09. The van der Waals surface area contributed by atoms with Crippen molar-refractivity contribution >= 4 is 6.08 Å². The van der Waals surface area contributed by atoms with E-state index in [0.717, 1.165) is 54.7 Å². The predicted octanol–water partition coefficient (Wildman–Crippen LogP) is 2.74. The van der Waals surface area contributed by atoms with Crippen molar-refractivity contribution in [3.8, 4) is 11.5 Å². The second-order valence-electron chi connectivity index (χ2n) is 5.21. The van der Waals surface area contributed by atoms with E-state index in [-0.39, 0.29) is 0 Å². The molecular weight excluding hydrogens is 242 g/mol. The maximum absolute atomic E-state index is 10.8. The Kier molecular flexibility index (Phi) is 3.03. The minimum Gasteiger partial charge on any atom is -0.493 e. The minimum atomic E-state index is -0.396. The molecule has 1 saturated carbocycles. The smallest absolute Gasteiger partial charge is 0.235 e. The fraction of sp³-hybridized carbons (Fsp3) is 0.533. The highest BCUT2D eigenvalue weighted by Crippen LogP contribution is 2.46. The maximum Gasteiger partial charge on any atom is 0.235 e. The molecule has 1 heterocycles. The lowest BCUT2D eigenvalue weighted by Gasteiger charge is -2.24. The van der Waals surface area contributed by atoms with Crippen molar-refractivity contribution in [1.82, 2.24) is 0 Å². The van der Waals surface area contributed by atoms with E-state index in [4.69, 9.17) is 9.47 Å². The van der Waals surface area contributed by atoms with Crippen LogP contribution >= 0.6 is 0 Å². The molecule has 4 nitrogen and oxygen atoms in total. The Morgan fingerprint density at radius 3 is 2.84 bits per heavy atom. The van der Waals surface area contributed by atoms with Crippen molar-refractivity contribution in [2.75, 3.05) is 13.7 Å². The molecule has 0 saturated heterocycles. The van der Waals surface area contributed by atoms with Crippen LogP contribution in [0.3, 0.4) is 0 Å². The fourth-order valence-corrected chi connectivity index (χ4v) is 3.21. The summed E-state index contributed by atoms with van der Waals surface area (Å²) in [6.07, 6.45) is 6.66. The van der Waals surface area contributed by atoms with Crippen molar-refractivity contribution in [3.63, 3.8) is 0 Å². The number of fused-ring (bicyclic) bond motifs is 1. The van der Waals surface area contributed by atoms with Gasteiger partial charge >= 0.3 is 0 Å². The number of rotatable bonds is 3. The number of hydrogen-bond acceptors (Lipinski definition) is 4. The van der Waals surface area contributed by atoms with Crippen LogP contribution in [0.2, 0.25) is 0 Å². The van der Waals surface area contributed by atoms with Crippen molar-refractivity contribution in [2.45, 2.75) is 37.6 Å². The largest absolute Gasteiger partial charge is 0.493 e. The van der Waals surface area contributed by atoms with E-state index in [1.165, 1.54) is 0 Å². The average molecular weight is 259 g/mol. The van der Waals surface area contributed by atoms with Crippen LogP contribution in [-0.2, 0) is 16.8 Å². The molecule has 0 aromatic heterocycles. The highest BCUT2D eigenvalue weighted by atomic mass is 16.5. The van der Waals surface area contributed by atoms with Gasteiger partial charge in [0.15, 0.2) is 11.5 Å². The summed E-state index contributed by atoms with van der Waals surface area (Å²) in [5, 5.41) is 0. The molecule has 4 heteroatoms. The Labute approximate surface area is 112 Å². The van der Waals surface area contributed by atoms with Gasteiger partial charge in [-0.1, -0.05) is 12.8 Å². The summed E-state index contributed by atoms with van der Waals surface area (Å²) in [4.78, 5) is 14.9. The number of benzene rings is 1. The fourth-order valence-electron chi connectivity index (χ4n) is 3.21. The monoisotopic (exact) mass is 259 g/mol. The molecule has 0 unspecified atom stereocenters. The molecular formula is C15H17NO3. The standard InChI is InChI=1S/C15H17NO3/c1-18-13-9-12(8-11-4-7-19-14(11)13)15(16-10-17)5-2-3-6-15/h8-9H,2-7H2,1H3. The summed E-state index contributed by atoms with van der Waals surface area (Å²) in [6.45, 7) is 0.694. The zero-order valence-electron chi connectivity index (χ0n) is 11.1. The van der Waals surface area contributed by atoms with E-state index in [9.17, 15) is 4.79 Å². The maximum atomic E-state index is 10.8. The van der Waals surface area contributed by atoms with Gasteiger partial charge in [-0.25, -0.2) is 4.79 Å². The van der Waals surface area contributed by atoms with Crippen LogP contribution in [0.1, 0.15) is 36.8 Å². The van der Waals surface area contributed by atoms with Crippen molar-refractivity contribution in [2.24, 2.45) is 4.99 Å². The zero-order valence-corrected chi connectivity index (χ0v) is 11.1. The quantitative estimate of drug-likeness (QED) is 0.619. The SMILES string of the molecule is COc1cc(C2(N=C=O)CCCC2)cc2c1OCC2. The molecule has 1 aliphatic carbocycles. The molecule has 0 bridgehead atoms. The molecule has 0 N–H and O–H groups in total. The third-order valence-electron chi connectivity index (χ3n) is 4.20. The summed E-state index contributed by atoms with van der Waals surface area (Å²) in [5.74, 6) is 1.59. The van der Waals surface area contributed by atoms with Crippen LogP contribution in [0.5, 0.6) is 11.5 Å². The number of carbonyl (C=O) groups excluding carboxylic acids is 1. The van der Waals surface area contributed by atoms with E-state index >= 15 is 0 Å². The third-order valence-corrected chi connectivity index (χ3v) is 4.20. The Morgan fingerprint density at radius 1 is 1.37 bits per heavy atom. The Balaban J connectivity index is 2.12. The van der Waals surface area contributed by atoms with Gasteiger partial charge in [-0.2, -0.15) is 4.99 Å². The molecule has 2 aliphatic rings. The van der Waals surface area contributed by atoms with Crippen LogP contribution in [0.15, 0.2) is 17.1 Å². The van der Waals surface area contributed by atoms with Gasteiger partial charge in [0.2, 0.25) is 6.08 Å². The van der Waals surface area contributed by atoms with Crippen LogP contribution in [0.25, 0.3) is 0 Å². The first kappa shape index (κ1) is 12.2. The van der Waals surface area contributed by atoms with Crippen molar-refractivity contribution in [1.29, 1.82) is 0 Å². The number of nitrogens with zero attached hydrogens (tertiary/aromatic N) is 1. The summed E-state index contributed by atoms with van der Waals surface area (Å²) >= 11 is 0. The lowest BCUT2D eigenvalue weighted by Crippen LogP contribution is -2.19. The lowest BCUT2D eigenvalue weighted by atomic mass is 9.87. The van der Waals surface area contributed by atoms with E-state index < -0.39 is 5.54 Å². The Hall–Kier alpha value is -1.80. The van der Waals surface area contributed by atoms with Gasteiger partial charge in [-0.3, -0.25) is 0 Å². The first-order chi connectivity index (χ1) is 9.29. The Bertz CT molecular complexity index is 541. The summed E-state index contributed by atoms with van der Waals surface area (Å²) < 4.78 is 11.0. The predicted molar refractivity (Wildman–Crippen MR) is 70.5 cm³/mol. The number of ether oxygens (including phenoxy) is 2. The van der Waals surface area contributed by atoms with Crippen molar-refractivity contribution in [3.05, 3.63) is 23.3 Å².